The zero-order valence-electron chi connectivity index (χ0n) is 9.82. The maximum Gasteiger partial charge on any atom is 0.0346 e. The number of rotatable bonds is 2. The van der Waals surface area contributed by atoms with Crippen LogP contribution < -0.4 is 0 Å². The Balaban J connectivity index is -0.0000000159. The Morgan fingerprint density at radius 3 is 0.778 bits per heavy atom. The second kappa shape index (κ2) is 58.4. The summed E-state index contributed by atoms with van der Waals surface area (Å²) in [6.45, 7) is 0. The van der Waals surface area contributed by atoms with Gasteiger partial charge in [-0.2, -0.15) is 0 Å². The van der Waals surface area contributed by atoms with Crippen LogP contribution in [0.15, 0.2) is 73.3 Å². The lowest BCUT2D eigenvalue weighted by atomic mass is 10.0. The summed E-state index contributed by atoms with van der Waals surface area (Å²) in [5.41, 5.74) is 4.60. The molecule has 2 nitrogen and oxygen atoms in total. The molecule has 0 saturated carbocycles. The van der Waals surface area contributed by atoms with Crippen LogP contribution >= 0.6 is 0 Å². The Labute approximate surface area is 239 Å². The van der Waals surface area contributed by atoms with E-state index in [4.69, 9.17) is 0 Å². The molecule has 36 heavy (non-hydrogen) atoms. The van der Waals surface area contributed by atoms with Crippen LogP contribution in [-0.2, 0) is 0 Å². The molecule has 3 aromatic rings. The summed E-state index contributed by atoms with van der Waals surface area (Å²) in [7, 11) is 0. The van der Waals surface area contributed by atoms with E-state index < -0.39 is 0 Å². The molecular weight excluding hydrogens is 436 g/mol. The van der Waals surface area contributed by atoms with Crippen molar-refractivity contribution in [2.45, 2.75) is 134 Å². The van der Waals surface area contributed by atoms with Crippen molar-refractivity contribution in [1.82, 2.24) is 9.97 Å². The molecule has 0 spiro atoms. The van der Waals surface area contributed by atoms with Crippen molar-refractivity contribution in [3.63, 3.8) is 0 Å². The smallest absolute Gasteiger partial charge is 0.0346 e. The molecule has 0 saturated heterocycles. The minimum Gasteiger partial charge on any atom is -0.264 e. The Morgan fingerprint density at radius 2 is 0.556 bits per heavy atom. The van der Waals surface area contributed by atoms with Gasteiger partial charge in [0.25, 0.3) is 0 Å². The third-order valence-corrected chi connectivity index (χ3v) is 2.85. The molecule has 0 radical (unpaired) electrons. The molecule has 2 aromatic heterocycles. The summed E-state index contributed by atoms with van der Waals surface area (Å²) in [6, 6.07) is 16.4. The van der Waals surface area contributed by atoms with Crippen molar-refractivity contribution >= 4 is 0 Å². The van der Waals surface area contributed by atoms with Crippen LogP contribution in [0.25, 0.3) is 22.3 Å². The maximum absolute atomic E-state index is 4.15. The molecule has 0 amide bonds. The van der Waals surface area contributed by atoms with Crippen LogP contribution in [0.5, 0.6) is 0 Å². The van der Waals surface area contributed by atoms with Gasteiger partial charge in [-0.15, -0.1) is 0 Å². The minimum atomic E-state index is 0. The number of hydrogen-bond donors (Lipinski definition) is 0. The number of hydrogen-bond acceptors (Lipinski definition) is 2. The van der Waals surface area contributed by atoms with Crippen molar-refractivity contribution in [2.75, 3.05) is 0 Å². The third-order valence-electron chi connectivity index (χ3n) is 2.85. The van der Waals surface area contributed by atoms with E-state index >= 15 is 0 Å². The van der Waals surface area contributed by atoms with Gasteiger partial charge in [-0.3, -0.25) is 9.97 Å². The molecule has 0 unspecified atom stereocenters. The van der Waals surface area contributed by atoms with Crippen molar-refractivity contribution < 1.29 is 0 Å². The van der Waals surface area contributed by atoms with Gasteiger partial charge in [0.15, 0.2) is 0 Å². The fourth-order valence-corrected chi connectivity index (χ4v) is 1.95. The van der Waals surface area contributed by atoms with Crippen molar-refractivity contribution in [1.29, 1.82) is 0 Å². The van der Waals surface area contributed by atoms with E-state index in [2.05, 4.69) is 46.4 Å². The first kappa shape index (κ1) is 115. The number of benzene rings is 1. The molecule has 1 aromatic carbocycles. The quantitative estimate of drug-likeness (QED) is 0.335. The summed E-state index contributed by atoms with van der Waals surface area (Å²) in [4.78, 5) is 8.30. The van der Waals surface area contributed by atoms with Crippen LogP contribution in [0.2, 0.25) is 0 Å². The second-order valence-electron chi connectivity index (χ2n) is 4.06. The van der Waals surface area contributed by atoms with Crippen molar-refractivity contribution in [3.05, 3.63) is 73.3 Å². The third kappa shape index (κ3) is 29.6. The molecule has 3 rings (SSSR count). The highest BCUT2D eigenvalue weighted by atomic mass is 14.6. The minimum absolute atomic E-state index is 0. The number of pyridine rings is 2. The largest absolute Gasteiger partial charge is 0.264 e. The van der Waals surface area contributed by atoms with Gasteiger partial charge in [-0.25, -0.2) is 0 Å². The standard InChI is InChI=1S/C16H12N2.18CH4/c1-4-13(15-6-2-8-17-11-15)10-14(5-1)16-7-3-9-18-12-16;;;;;;;;;;;;;;;;;;/h1-12H;18*1H4. The average Bonchev–Trinajstić information content (AvgIpc) is 2.49. The van der Waals surface area contributed by atoms with Crippen LogP contribution in [0, 0.1) is 0 Å². The fourth-order valence-electron chi connectivity index (χ4n) is 1.95. The SMILES string of the molecule is C.C.C.C.C.C.C.C.C.C.C.C.C.C.C.C.C.C.c1cncc(-c2cccc(-c3cccnc3)c2)c1. The van der Waals surface area contributed by atoms with Crippen LogP contribution in [-0.4, -0.2) is 9.97 Å². The molecule has 0 aliphatic heterocycles. The Bertz CT molecular complexity index is 581. The van der Waals surface area contributed by atoms with E-state index in [9.17, 15) is 0 Å². The number of aromatic nitrogens is 2. The molecule has 0 bridgehead atoms. The van der Waals surface area contributed by atoms with E-state index in [-0.39, 0.29) is 134 Å². The molecule has 0 N–H and O–H groups in total. The van der Waals surface area contributed by atoms with Gasteiger partial charge in [0.2, 0.25) is 0 Å². The first-order chi connectivity index (χ1) is 8.93. The zero-order valence-corrected chi connectivity index (χ0v) is 9.82. The molecule has 0 fully saturated rings. The topological polar surface area (TPSA) is 25.8 Å². The van der Waals surface area contributed by atoms with Gasteiger partial charge in [-0.05, 0) is 29.3 Å². The highest BCUT2D eigenvalue weighted by Crippen LogP contribution is 2.25. The molecule has 0 aliphatic rings. The van der Waals surface area contributed by atoms with Crippen LogP contribution in [0.1, 0.15) is 134 Å². The summed E-state index contributed by atoms with van der Waals surface area (Å²) in [6.07, 6.45) is 7.33. The van der Waals surface area contributed by atoms with Crippen molar-refractivity contribution in [3.8, 4) is 22.3 Å². The second-order valence-corrected chi connectivity index (χ2v) is 4.06. The summed E-state index contributed by atoms with van der Waals surface area (Å²) in [5.74, 6) is 0. The van der Waals surface area contributed by atoms with E-state index in [1.54, 1.807) is 12.4 Å². The molecule has 2 heteroatoms. The molecule has 230 valence electrons. The Hall–Kier alpha value is -2.48. The average molecular weight is 521 g/mol. The van der Waals surface area contributed by atoms with E-state index in [0.717, 1.165) is 11.1 Å². The first-order valence-corrected chi connectivity index (χ1v) is 5.84. The summed E-state index contributed by atoms with van der Waals surface area (Å²) < 4.78 is 0. The highest BCUT2D eigenvalue weighted by molar-refractivity contribution is 5.72. The lowest BCUT2D eigenvalue weighted by Gasteiger charge is -2.05. The Kier molecular flexibility index (Phi) is 187. The molecule has 0 aliphatic carbocycles. The van der Waals surface area contributed by atoms with Gasteiger partial charge in [0.1, 0.15) is 0 Å². The lowest BCUT2D eigenvalue weighted by molar-refractivity contribution is 1.32. The van der Waals surface area contributed by atoms with Gasteiger partial charge in [-0.1, -0.05) is 164 Å². The Morgan fingerprint density at radius 1 is 0.306 bits per heavy atom. The van der Waals surface area contributed by atoms with E-state index in [1.165, 1.54) is 11.1 Å². The molecule has 0 atom stereocenters. The van der Waals surface area contributed by atoms with E-state index in [1.807, 2.05) is 24.5 Å². The lowest BCUT2D eigenvalue weighted by Crippen LogP contribution is -1.82. The highest BCUT2D eigenvalue weighted by Gasteiger charge is 2.01. The summed E-state index contributed by atoms with van der Waals surface area (Å²) >= 11 is 0. The fraction of sp³-hybridized carbons (Fsp3) is 0.529. The number of nitrogens with zero attached hydrogens (tertiary/aromatic N) is 2. The zero-order chi connectivity index (χ0) is 12.2. The predicted molar refractivity (Wildman–Crippen MR) is 194 cm³/mol. The van der Waals surface area contributed by atoms with Crippen molar-refractivity contribution in [2.24, 2.45) is 0 Å². The van der Waals surface area contributed by atoms with Gasteiger partial charge < -0.3 is 0 Å². The van der Waals surface area contributed by atoms with Crippen LogP contribution in [0.4, 0.5) is 0 Å². The van der Waals surface area contributed by atoms with Gasteiger partial charge >= 0.3 is 0 Å². The predicted octanol–water partition coefficient (Wildman–Crippen LogP) is 15.3. The first-order valence-electron chi connectivity index (χ1n) is 5.84. The molecular formula is C34H84N2. The van der Waals surface area contributed by atoms with Gasteiger partial charge in [0.05, 0.1) is 0 Å². The monoisotopic (exact) mass is 521 g/mol. The van der Waals surface area contributed by atoms with E-state index in [0.29, 0.717) is 0 Å². The maximum atomic E-state index is 4.15. The molecule has 2 heterocycles. The summed E-state index contributed by atoms with van der Waals surface area (Å²) in [5, 5.41) is 0. The van der Waals surface area contributed by atoms with Gasteiger partial charge in [0, 0.05) is 35.9 Å². The van der Waals surface area contributed by atoms with Crippen LogP contribution in [0.3, 0.4) is 0 Å². The normalized spacial score (nSPS) is 5.11.